The number of alkyl halides is 3. The smallest absolute Gasteiger partial charge is 0.173 e. The molecule has 0 bridgehead atoms. The van der Waals surface area contributed by atoms with E-state index in [2.05, 4.69) is 36.0 Å². The fourth-order valence-electron chi connectivity index (χ4n) is 2.37. The van der Waals surface area contributed by atoms with Gasteiger partial charge in [-0.15, -0.1) is 23.2 Å². The quantitative estimate of drug-likeness (QED) is 0.282. The number of hydrogen-bond donors (Lipinski definition) is 0. The summed E-state index contributed by atoms with van der Waals surface area (Å²) < 4.78 is 0. The Labute approximate surface area is 133 Å². The van der Waals surface area contributed by atoms with Gasteiger partial charge in [0.05, 0.1) is 11.3 Å². The lowest BCUT2D eigenvalue weighted by molar-refractivity contribution is -0.113. The van der Waals surface area contributed by atoms with E-state index < -0.39 is 5.38 Å². The molecule has 0 fully saturated rings. The highest BCUT2D eigenvalue weighted by Crippen LogP contribution is 2.42. The number of allylic oxidation sites excluding steroid dienone is 1. The van der Waals surface area contributed by atoms with Crippen LogP contribution >= 0.6 is 39.1 Å². The predicted octanol–water partition coefficient (Wildman–Crippen LogP) is 3.96. The van der Waals surface area contributed by atoms with Crippen LogP contribution in [-0.4, -0.2) is 35.5 Å². The average molecular weight is 382 g/mol. The third-order valence-corrected chi connectivity index (χ3v) is 4.64. The number of rotatable bonds is 7. The molecule has 1 aliphatic rings. The molecule has 0 N–H and O–H groups in total. The first-order valence-electron chi connectivity index (χ1n) is 5.66. The van der Waals surface area contributed by atoms with Crippen LogP contribution < -0.4 is 0 Å². The first-order valence-corrected chi connectivity index (χ1v) is 7.75. The minimum atomic E-state index is -0.457. The maximum atomic E-state index is 12.0. The maximum Gasteiger partial charge on any atom is 0.173 e. The maximum absolute atomic E-state index is 12.0. The van der Waals surface area contributed by atoms with Crippen LogP contribution in [0.3, 0.4) is 0 Å². The Balaban J connectivity index is 3.21. The van der Waals surface area contributed by atoms with Gasteiger partial charge in [0.1, 0.15) is 0 Å². The third-order valence-electron chi connectivity index (χ3n) is 3.21. The Hall–Kier alpha value is -0.910. The van der Waals surface area contributed by atoms with Gasteiger partial charge in [-0.3, -0.25) is 4.79 Å². The van der Waals surface area contributed by atoms with Crippen LogP contribution in [0, 0.1) is 11.8 Å². The summed E-state index contributed by atoms with van der Waals surface area (Å²) in [6.07, 6.45) is 0. The van der Waals surface area contributed by atoms with Crippen LogP contribution in [0.25, 0.3) is 20.9 Å². The van der Waals surface area contributed by atoms with Crippen molar-refractivity contribution in [1.29, 1.82) is 0 Å². The summed E-state index contributed by atoms with van der Waals surface area (Å²) in [5, 5.41) is 7.01. The summed E-state index contributed by atoms with van der Waals surface area (Å²) in [4.78, 5) is 17.4. The highest BCUT2D eigenvalue weighted by Gasteiger charge is 2.42. The Bertz CT molecular complexity index is 512. The molecule has 0 aromatic carbocycles. The van der Waals surface area contributed by atoms with Gasteiger partial charge in [0.25, 0.3) is 0 Å². The van der Waals surface area contributed by atoms with Crippen molar-refractivity contribution in [1.82, 2.24) is 0 Å². The number of halogens is 3. The Morgan fingerprint density at radius 3 is 2.40 bits per heavy atom. The van der Waals surface area contributed by atoms with Crippen molar-refractivity contribution in [3.8, 4) is 0 Å². The molecule has 0 spiro atoms. The second-order valence-corrected chi connectivity index (χ2v) is 5.43. The van der Waals surface area contributed by atoms with Gasteiger partial charge in [0, 0.05) is 33.8 Å². The van der Waals surface area contributed by atoms with Crippen LogP contribution in [0.1, 0.15) is 0 Å². The summed E-state index contributed by atoms with van der Waals surface area (Å²) in [6, 6.07) is 0. The Morgan fingerprint density at radius 1 is 1.30 bits per heavy atom. The molecule has 0 aromatic rings. The van der Waals surface area contributed by atoms with E-state index >= 15 is 0 Å². The zero-order chi connectivity index (χ0) is 15.1. The molecule has 0 unspecified atom stereocenters. The number of hydrogen-bond acceptors (Lipinski definition) is 3. The molecule has 108 valence electrons. The predicted molar refractivity (Wildman–Crippen MR) is 81.2 cm³/mol. The average Bonchev–Trinajstić information content (AvgIpc) is 2.73. The largest absolute Gasteiger partial charge is 0.293 e. The van der Waals surface area contributed by atoms with Crippen molar-refractivity contribution in [3.05, 3.63) is 32.0 Å². The topological polar surface area (TPSA) is 115 Å². The molecular weight excluding hydrogens is 371 g/mol. The summed E-state index contributed by atoms with van der Waals surface area (Å²) >= 11 is 15.3. The molecule has 1 aliphatic carbocycles. The van der Waals surface area contributed by atoms with Crippen molar-refractivity contribution in [2.75, 3.05) is 24.3 Å². The number of nitrogens with zero attached hydrogens (tertiary/aromatic N) is 6. The van der Waals surface area contributed by atoms with E-state index in [1.165, 1.54) is 0 Å². The molecule has 3 atom stereocenters. The van der Waals surface area contributed by atoms with Gasteiger partial charge in [-0.25, -0.2) is 0 Å². The van der Waals surface area contributed by atoms with Crippen LogP contribution in [0.2, 0.25) is 0 Å². The van der Waals surface area contributed by atoms with Crippen LogP contribution in [0.5, 0.6) is 0 Å². The highest BCUT2D eigenvalue weighted by molar-refractivity contribution is 9.09. The molecule has 0 saturated carbocycles. The minimum absolute atomic E-state index is 0.0831. The van der Waals surface area contributed by atoms with E-state index in [-0.39, 0.29) is 36.6 Å². The molecule has 0 aliphatic heterocycles. The molecular formula is C10H11BrCl2N6O. The van der Waals surface area contributed by atoms with E-state index in [1.807, 2.05) is 0 Å². The SMILES string of the molecule is [N-]=[N+]=NC[C@H]1[C@H](Cl)C(CBr)=C(C(=O)CCl)[C@@H]1CN=[N+]=[N-]. The summed E-state index contributed by atoms with van der Waals surface area (Å²) in [6.45, 7) is 0.214. The van der Waals surface area contributed by atoms with Gasteiger partial charge in [-0.05, 0) is 28.5 Å². The first kappa shape index (κ1) is 17.1. The molecule has 0 radical (unpaired) electrons. The van der Waals surface area contributed by atoms with Gasteiger partial charge < -0.3 is 0 Å². The van der Waals surface area contributed by atoms with Gasteiger partial charge in [0.2, 0.25) is 0 Å². The number of Topliss-reactive ketones (excluding diaryl/α,β-unsaturated/α-hetero) is 1. The van der Waals surface area contributed by atoms with Crippen molar-refractivity contribution in [2.45, 2.75) is 5.38 Å². The van der Waals surface area contributed by atoms with Crippen molar-refractivity contribution in [2.24, 2.45) is 22.1 Å². The molecule has 10 heteroatoms. The fraction of sp³-hybridized carbons (Fsp3) is 0.700. The molecule has 0 heterocycles. The van der Waals surface area contributed by atoms with E-state index in [9.17, 15) is 4.79 Å². The van der Waals surface area contributed by atoms with Crippen molar-refractivity contribution in [3.63, 3.8) is 0 Å². The zero-order valence-corrected chi connectivity index (χ0v) is 13.4. The summed E-state index contributed by atoms with van der Waals surface area (Å²) in [5.41, 5.74) is 18.1. The van der Waals surface area contributed by atoms with E-state index in [0.717, 1.165) is 0 Å². The van der Waals surface area contributed by atoms with E-state index in [0.29, 0.717) is 16.5 Å². The number of carbonyl (C=O) groups is 1. The lowest BCUT2D eigenvalue weighted by atomic mass is 9.89. The molecule has 0 aromatic heterocycles. The van der Waals surface area contributed by atoms with Crippen molar-refractivity contribution < 1.29 is 4.79 Å². The summed E-state index contributed by atoms with van der Waals surface area (Å²) in [7, 11) is 0. The van der Waals surface area contributed by atoms with Gasteiger partial charge >= 0.3 is 0 Å². The normalized spacial score (nSPS) is 25.1. The molecule has 0 amide bonds. The lowest BCUT2D eigenvalue weighted by Crippen LogP contribution is -2.25. The van der Waals surface area contributed by atoms with Crippen molar-refractivity contribution >= 4 is 44.9 Å². The summed E-state index contributed by atoms with van der Waals surface area (Å²) in [5.74, 6) is -1.07. The van der Waals surface area contributed by atoms with Crippen LogP contribution in [0.15, 0.2) is 21.4 Å². The highest BCUT2D eigenvalue weighted by atomic mass is 79.9. The minimum Gasteiger partial charge on any atom is -0.293 e. The molecule has 7 nitrogen and oxygen atoms in total. The van der Waals surface area contributed by atoms with Gasteiger partial charge in [0.15, 0.2) is 5.78 Å². The second-order valence-electron chi connectivity index (χ2n) is 4.13. The number of azide groups is 2. The first-order chi connectivity index (χ1) is 9.62. The van der Waals surface area contributed by atoms with Gasteiger partial charge in [-0.1, -0.05) is 26.2 Å². The fourth-order valence-corrected chi connectivity index (χ4v) is 3.80. The molecule has 0 saturated heterocycles. The third kappa shape index (κ3) is 3.59. The van der Waals surface area contributed by atoms with E-state index in [1.54, 1.807) is 0 Å². The number of carbonyl (C=O) groups excluding carboxylic acids is 1. The standard InChI is InChI=1S/C10H11BrCl2N6O/c11-1-5-9(8(20)2-12)6(3-16-18-14)7(10(5)13)4-17-19-15/h6-7,10H,1-4H2/t6-,7-,10-/m1/s1. The molecule has 20 heavy (non-hydrogen) atoms. The van der Waals surface area contributed by atoms with Crippen LogP contribution in [0.4, 0.5) is 0 Å². The van der Waals surface area contributed by atoms with Crippen LogP contribution in [-0.2, 0) is 4.79 Å². The monoisotopic (exact) mass is 380 g/mol. The Kier molecular flexibility index (Phi) is 7.19. The Morgan fingerprint density at radius 2 is 1.90 bits per heavy atom. The zero-order valence-electron chi connectivity index (χ0n) is 10.3. The van der Waals surface area contributed by atoms with Gasteiger partial charge in [-0.2, -0.15) is 0 Å². The number of ketones is 1. The van der Waals surface area contributed by atoms with E-state index in [4.69, 9.17) is 34.3 Å². The molecule has 1 rings (SSSR count). The second kappa shape index (κ2) is 8.39. The lowest BCUT2D eigenvalue weighted by Gasteiger charge is -2.20.